The lowest BCUT2D eigenvalue weighted by molar-refractivity contribution is 0.0638. The van der Waals surface area contributed by atoms with E-state index in [4.69, 9.17) is 4.74 Å². The quantitative estimate of drug-likeness (QED) is 0.522. The van der Waals surface area contributed by atoms with Crippen molar-refractivity contribution in [2.75, 3.05) is 19.7 Å². The van der Waals surface area contributed by atoms with Gasteiger partial charge >= 0.3 is 0 Å². The molecule has 31 heavy (non-hydrogen) atoms. The van der Waals surface area contributed by atoms with Crippen molar-refractivity contribution in [1.29, 1.82) is 0 Å². The monoisotopic (exact) mass is 415 g/mol. The Bertz CT molecular complexity index is 1210. The van der Waals surface area contributed by atoms with E-state index in [1.807, 2.05) is 35.9 Å². The predicted octanol–water partition coefficient (Wildman–Crippen LogP) is 2.83. The normalized spacial score (nSPS) is 15.0. The number of aromatic nitrogens is 4. The standard InChI is InChI=1S/C24H25N5O2/c1-28-16-26-24-22(28)12-25-23(27-24)18-7-4-8-21(11-18)31-15-20(30)14-29-10-9-17-5-2-3-6-19(17)13-29/h2-8,11-12,16,20,30H,9-10,13-15H2,1H3. The minimum absolute atomic E-state index is 0.238. The number of β-amino-alcohol motifs (C(OH)–C–C–N with tert-alkyl or cyclic N) is 1. The van der Waals surface area contributed by atoms with E-state index in [0.29, 0.717) is 23.8 Å². The lowest BCUT2D eigenvalue weighted by Crippen LogP contribution is -2.38. The Morgan fingerprint density at radius 1 is 1.10 bits per heavy atom. The van der Waals surface area contributed by atoms with Crippen LogP contribution in [0, 0.1) is 0 Å². The van der Waals surface area contributed by atoms with Gasteiger partial charge in [0.2, 0.25) is 0 Å². The number of nitrogens with zero attached hydrogens (tertiary/aromatic N) is 5. The summed E-state index contributed by atoms with van der Waals surface area (Å²) >= 11 is 0. The van der Waals surface area contributed by atoms with Crippen LogP contribution in [-0.4, -0.2) is 55.3 Å². The number of hydrogen-bond acceptors (Lipinski definition) is 6. The smallest absolute Gasteiger partial charge is 0.181 e. The third-order valence-electron chi connectivity index (χ3n) is 5.70. The fourth-order valence-electron chi connectivity index (χ4n) is 4.03. The van der Waals surface area contributed by atoms with E-state index in [2.05, 4.69) is 44.1 Å². The molecule has 0 saturated carbocycles. The van der Waals surface area contributed by atoms with Gasteiger partial charge < -0.3 is 14.4 Å². The van der Waals surface area contributed by atoms with Crippen LogP contribution in [0.1, 0.15) is 11.1 Å². The Hall–Kier alpha value is -3.29. The first-order chi connectivity index (χ1) is 15.2. The Morgan fingerprint density at radius 2 is 1.97 bits per heavy atom. The van der Waals surface area contributed by atoms with Gasteiger partial charge in [0.1, 0.15) is 24.0 Å². The summed E-state index contributed by atoms with van der Waals surface area (Å²) in [6, 6.07) is 16.1. The predicted molar refractivity (Wildman–Crippen MR) is 119 cm³/mol. The Balaban J connectivity index is 1.21. The summed E-state index contributed by atoms with van der Waals surface area (Å²) in [4.78, 5) is 15.6. The van der Waals surface area contributed by atoms with Crippen LogP contribution in [0.4, 0.5) is 0 Å². The largest absolute Gasteiger partial charge is 0.491 e. The van der Waals surface area contributed by atoms with E-state index >= 15 is 0 Å². The van der Waals surface area contributed by atoms with Crippen molar-refractivity contribution in [3.63, 3.8) is 0 Å². The number of imidazole rings is 1. The minimum atomic E-state index is -0.560. The van der Waals surface area contributed by atoms with E-state index in [9.17, 15) is 5.11 Å². The van der Waals surface area contributed by atoms with Crippen molar-refractivity contribution < 1.29 is 9.84 Å². The van der Waals surface area contributed by atoms with E-state index in [1.165, 1.54) is 11.1 Å². The molecule has 0 saturated heterocycles. The molecule has 1 atom stereocenters. The van der Waals surface area contributed by atoms with Gasteiger partial charge in [-0.3, -0.25) is 4.90 Å². The summed E-state index contributed by atoms with van der Waals surface area (Å²) in [5, 5.41) is 10.5. The van der Waals surface area contributed by atoms with E-state index in [0.717, 1.165) is 30.6 Å². The van der Waals surface area contributed by atoms with E-state index < -0.39 is 6.10 Å². The molecular formula is C24H25N5O2. The zero-order valence-electron chi connectivity index (χ0n) is 17.5. The summed E-state index contributed by atoms with van der Waals surface area (Å²) in [5.41, 5.74) is 5.16. The van der Waals surface area contributed by atoms with E-state index in [-0.39, 0.29) is 6.61 Å². The molecule has 7 heteroatoms. The second kappa shape index (κ2) is 8.45. The molecule has 5 rings (SSSR count). The molecule has 158 valence electrons. The molecule has 2 aromatic heterocycles. The molecule has 1 unspecified atom stereocenters. The molecule has 0 spiro atoms. The van der Waals surface area contributed by atoms with Gasteiger partial charge in [0.15, 0.2) is 11.5 Å². The van der Waals surface area contributed by atoms with Gasteiger partial charge in [0.05, 0.1) is 12.5 Å². The second-order valence-electron chi connectivity index (χ2n) is 8.00. The van der Waals surface area contributed by atoms with Gasteiger partial charge in [-0.15, -0.1) is 0 Å². The molecule has 3 heterocycles. The van der Waals surface area contributed by atoms with Crippen LogP contribution >= 0.6 is 0 Å². The topological polar surface area (TPSA) is 76.3 Å². The fourth-order valence-corrected chi connectivity index (χ4v) is 4.03. The number of rotatable bonds is 6. The van der Waals surface area contributed by atoms with Gasteiger partial charge in [-0.25, -0.2) is 15.0 Å². The summed E-state index contributed by atoms with van der Waals surface area (Å²) < 4.78 is 7.77. The van der Waals surface area contributed by atoms with Gasteiger partial charge in [0, 0.05) is 32.2 Å². The zero-order valence-corrected chi connectivity index (χ0v) is 17.5. The summed E-state index contributed by atoms with van der Waals surface area (Å²) in [6.07, 6.45) is 3.96. The van der Waals surface area contributed by atoms with Gasteiger partial charge in [0.25, 0.3) is 0 Å². The lowest BCUT2D eigenvalue weighted by Gasteiger charge is -2.30. The van der Waals surface area contributed by atoms with Crippen LogP contribution in [0.3, 0.4) is 0 Å². The molecule has 4 aromatic rings. The van der Waals surface area contributed by atoms with Crippen LogP contribution < -0.4 is 4.74 Å². The fraction of sp³-hybridized carbons (Fsp3) is 0.292. The maximum absolute atomic E-state index is 10.5. The molecule has 0 fully saturated rings. The Kier molecular flexibility index (Phi) is 5.36. The van der Waals surface area contributed by atoms with Gasteiger partial charge in [-0.05, 0) is 29.7 Å². The molecule has 1 aliphatic heterocycles. The number of ether oxygens (including phenoxy) is 1. The number of aryl methyl sites for hydroxylation is 1. The third-order valence-corrected chi connectivity index (χ3v) is 5.70. The molecule has 2 aromatic carbocycles. The second-order valence-corrected chi connectivity index (χ2v) is 8.00. The third kappa shape index (κ3) is 4.28. The Morgan fingerprint density at radius 3 is 2.87 bits per heavy atom. The van der Waals surface area contributed by atoms with Crippen LogP contribution in [0.5, 0.6) is 5.75 Å². The first-order valence-electron chi connectivity index (χ1n) is 10.5. The maximum Gasteiger partial charge on any atom is 0.181 e. The minimum Gasteiger partial charge on any atom is -0.491 e. The van der Waals surface area contributed by atoms with Crippen LogP contribution in [0.15, 0.2) is 61.1 Å². The Labute approximate surface area is 181 Å². The van der Waals surface area contributed by atoms with Crippen molar-refractivity contribution >= 4 is 11.2 Å². The van der Waals surface area contributed by atoms with Crippen LogP contribution in [0.2, 0.25) is 0 Å². The van der Waals surface area contributed by atoms with E-state index in [1.54, 1.807) is 12.5 Å². The van der Waals surface area contributed by atoms with Gasteiger partial charge in [-0.1, -0.05) is 36.4 Å². The number of hydrogen-bond donors (Lipinski definition) is 1. The average Bonchev–Trinajstić information content (AvgIpc) is 3.18. The molecule has 0 radical (unpaired) electrons. The molecule has 1 N–H and O–H groups in total. The average molecular weight is 415 g/mol. The van der Waals surface area contributed by atoms with Crippen LogP contribution in [0.25, 0.3) is 22.6 Å². The summed E-state index contributed by atoms with van der Waals surface area (Å²) in [5.74, 6) is 1.29. The number of aliphatic hydroxyl groups excluding tert-OH is 1. The molecular weight excluding hydrogens is 390 g/mol. The highest BCUT2D eigenvalue weighted by atomic mass is 16.5. The highest BCUT2D eigenvalue weighted by Crippen LogP contribution is 2.23. The highest BCUT2D eigenvalue weighted by molar-refractivity contribution is 5.72. The SMILES string of the molecule is Cn1cnc2nc(-c3cccc(OCC(O)CN4CCc5ccccc5C4)c3)ncc21. The molecule has 0 amide bonds. The van der Waals surface area contributed by atoms with Crippen molar-refractivity contribution in [2.24, 2.45) is 7.05 Å². The van der Waals surface area contributed by atoms with Crippen LogP contribution in [-0.2, 0) is 20.0 Å². The van der Waals surface area contributed by atoms with Gasteiger partial charge in [-0.2, -0.15) is 0 Å². The summed E-state index contributed by atoms with van der Waals surface area (Å²) in [7, 11) is 1.92. The zero-order chi connectivity index (χ0) is 21.2. The van der Waals surface area contributed by atoms with Crippen molar-refractivity contribution in [2.45, 2.75) is 19.1 Å². The molecule has 0 bridgehead atoms. The van der Waals surface area contributed by atoms with Crippen molar-refractivity contribution in [3.05, 3.63) is 72.2 Å². The lowest BCUT2D eigenvalue weighted by atomic mass is 10.00. The van der Waals surface area contributed by atoms with Crippen molar-refractivity contribution in [1.82, 2.24) is 24.4 Å². The highest BCUT2D eigenvalue weighted by Gasteiger charge is 2.19. The molecule has 7 nitrogen and oxygen atoms in total. The molecule has 1 aliphatic rings. The van der Waals surface area contributed by atoms with Crippen molar-refractivity contribution in [3.8, 4) is 17.1 Å². The first-order valence-corrected chi connectivity index (χ1v) is 10.5. The first kappa shape index (κ1) is 19.7. The number of benzene rings is 2. The summed E-state index contributed by atoms with van der Waals surface area (Å²) in [6.45, 7) is 2.65. The number of aliphatic hydroxyl groups is 1. The number of fused-ring (bicyclic) bond motifs is 2. The molecule has 0 aliphatic carbocycles. The maximum atomic E-state index is 10.5.